The first kappa shape index (κ1) is 13.2. The molecular formula is C18H21NO. The van der Waals surface area contributed by atoms with E-state index in [0.717, 1.165) is 25.2 Å². The van der Waals surface area contributed by atoms with Gasteiger partial charge in [-0.15, -0.1) is 0 Å². The van der Waals surface area contributed by atoms with E-state index in [-0.39, 0.29) is 0 Å². The maximum Gasteiger partial charge on any atom is 0.122 e. The van der Waals surface area contributed by atoms with Crippen molar-refractivity contribution in [2.45, 2.75) is 25.8 Å². The predicted octanol–water partition coefficient (Wildman–Crippen LogP) is 3.96. The summed E-state index contributed by atoms with van der Waals surface area (Å²) in [6.45, 7) is 3.02. The molecule has 2 nitrogen and oxygen atoms in total. The Kier molecular flexibility index (Phi) is 3.75. The molecule has 1 unspecified atom stereocenters. The van der Waals surface area contributed by atoms with Gasteiger partial charge in [0.1, 0.15) is 5.75 Å². The zero-order chi connectivity index (χ0) is 13.9. The van der Waals surface area contributed by atoms with Crippen molar-refractivity contribution < 1.29 is 4.74 Å². The van der Waals surface area contributed by atoms with Crippen LogP contribution in [0, 0.1) is 0 Å². The number of hydrogen-bond acceptors (Lipinski definition) is 2. The first-order valence-electron chi connectivity index (χ1n) is 7.35. The molecule has 1 aliphatic rings. The molecular weight excluding hydrogens is 246 g/mol. The highest BCUT2D eigenvalue weighted by molar-refractivity contribution is 5.66. The summed E-state index contributed by atoms with van der Waals surface area (Å²) in [5, 5.41) is 3.34. The molecule has 0 spiro atoms. The molecule has 0 fully saturated rings. The van der Waals surface area contributed by atoms with Crippen molar-refractivity contribution in [2.75, 3.05) is 13.7 Å². The Labute approximate surface area is 120 Å². The van der Waals surface area contributed by atoms with Gasteiger partial charge in [0.15, 0.2) is 0 Å². The molecule has 1 aliphatic heterocycles. The summed E-state index contributed by atoms with van der Waals surface area (Å²) in [4.78, 5) is 0. The molecule has 0 aromatic heterocycles. The molecule has 2 aromatic rings. The minimum absolute atomic E-state index is 0.442. The topological polar surface area (TPSA) is 21.3 Å². The van der Waals surface area contributed by atoms with Crippen LogP contribution in [-0.4, -0.2) is 13.7 Å². The Balaban J connectivity index is 1.87. The fraction of sp³-hybridized carbons (Fsp3) is 0.333. The minimum Gasteiger partial charge on any atom is -0.493 e. The van der Waals surface area contributed by atoms with Crippen molar-refractivity contribution in [1.82, 2.24) is 5.32 Å². The summed E-state index contributed by atoms with van der Waals surface area (Å²) in [6, 6.07) is 15.8. The number of hydrogen-bond donors (Lipinski definition) is 1. The molecule has 0 bridgehead atoms. The van der Waals surface area contributed by atoms with E-state index in [1.54, 1.807) is 0 Å². The number of benzene rings is 2. The van der Waals surface area contributed by atoms with Gasteiger partial charge in [-0.3, -0.25) is 0 Å². The standard InChI is InChI=1S/C18H21NO/c1-3-17(19-2)14-6-4-13(5-7-14)15-8-9-18-16(12-15)10-11-20-18/h4-9,12,17,19H,3,10-11H2,1-2H3. The molecule has 1 heterocycles. The van der Waals surface area contributed by atoms with Crippen molar-refractivity contribution >= 4 is 0 Å². The van der Waals surface area contributed by atoms with Crippen LogP contribution in [0.4, 0.5) is 0 Å². The second-order valence-electron chi connectivity index (χ2n) is 5.29. The van der Waals surface area contributed by atoms with Crippen molar-refractivity contribution in [3.63, 3.8) is 0 Å². The quantitative estimate of drug-likeness (QED) is 0.905. The lowest BCUT2D eigenvalue weighted by molar-refractivity contribution is 0.357. The molecule has 2 heteroatoms. The smallest absolute Gasteiger partial charge is 0.122 e. The second kappa shape index (κ2) is 5.68. The number of ether oxygens (including phenoxy) is 1. The van der Waals surface area contributed by atoms with Crippen molar-refractivity contribution in [1.29, 1.82) is 0 Å². The van der Waals surface area contributed by atoms with Crippen molar-refractivity contribution in [2.24, 2.45) is 0 Å². The van der Waals surface area contributed by atoms with E-state index in [1.165, 1.54) is 22.3 Å². The number of nitrogens with one attached hydrogen (secondary N) is 1. The van der Waals surface area contributed by atoms with Crippen LogP contribution in [0.3, 0.4) is 0 Å². The van der Waals surface area contributed by atoms with Gasteiger partial charge >= 0.3 is 0 Å². The Bertz CT molecular complexity index is 585. The molecule has 1 N–H and O–H groups in total. The summed E-state index contributed by atoms with van der Waals surface area (Å²) < 4.78 is 5.56. The summed E-state index contributed by atoms with van der Waals surface area (Å²) in [7, 11) is 2.02. The molecule has 1 atom stereocenters. The van der Waals surface area contributed by atoms with Gasteiger partial charge in [-0.05, 0) is 47.9 Å². The Morgan fingerprint density at radius 2 is 1.85 bits per heavy atom. The predicted molar refractivity (Wildman–Crippen MR) is 83.2 cm³/mol. The summed E-state index contributed by atoms with van der Waals surface area (Å²) >= 11 is 0. The maximum absolute atomic E-state index is 5.56. The van der Waals surface area contributed by atoms with E-state index >= 15 is 0 Å². The lowest BCUT2D eigenvalue weighted by Crippen LogP contribution is -2.14. The lowest BCUT2D eigenvalue weighted by Gasteiger charge is -2.14. The second-order valence-corrected chi connectivity index (χ2v) is 5.29. The van der Waals surface area contributed by atoms with Crippen LogP contribution in [0.2, 0.25) is 0 Å². The molecule has 2 aromatic carbocycles. The third-order valence-electron chi connectivity index (χ3n) is 4.09. The maximum atomic E-state index is 5.56. The molecule has 0 aliphatic carbocycles. The van der Waals surface area contributed by atoms with E-state index in [0.29, 0.717) is 6.04 Å². The van der Waals surface area contributed by atoms with Gasteiger partial charge in [-0.1, -0.05) is 37.3 Å². The van der Waals surface area contributed by atoms with E-state index in [9.17, 15) is 0 Å². The SMILES string of the molecule is CCC(NC)c1ccc(-c2ccc3c(c2)CCO3)cc1. The summed E-state index contributed by atoms with van der Waals surface area (Å²) in [6.07, 6.45) is 2.13. The van der Waals surface area contributed by atoms with Crippen LogP contribution in [0.1, 0.15) is 30.5 Å². The largest absolute Gasteiger partial charge is 0.493 e. The molecule has 104 valence electrons. The molecule has 20 heavy (non-hydrogen) atoms. The normalized spacial score (nSPS) is 14.7. The third kappa shape index (κ3) is 2.44. The van der Waals surface area contributed by atoms with Gasteiger partial charge in [-0.2, -0.15) is 0 Å². The van der Waals surface area contributed by atoms with E-state index in [1.807, 2.05) is 7.05 Å². The van der Waals surface area contributed by atoms with Gasteiger partial charge in [0, 0.05) is 12.5 Å². The van der Waals surface area contributed by atoms with Gasteiger partial charge in [0.25, 0.3) is 0 Å². The fourth-order valence-electron chi connectivity index (χ4n) is 2.88. The van der Waals surface area contributed by atoms with Crippen LogP contribution >= 0.6 is 0 Å². The number of fused-ring (bicyclic) bond motifs is 1. The van der Waals surface area contributed by atoms with Crippen LogP contribution < -0.4 is 10.1 Å². The van der Waals surface area contributed by atoms with Crippen LogP contribution in [0.5, 0.6) is 5.75 Å². The van der Waals surface area contributed by atoms with Crippen LogP contribution in [-0.2, 0) is 6.42 Å². The van der Waals surface area contributed by atoms with E-state index in [2.05, 4.69) is 54.7 Å². The third-order valence-corrected chi connectivity index (χ3v) is 4.09. The zero-order valence-electron chi connectivity index (χ0n) is 12.1. The average molecular weight is 267 g/mol. The molecule has 0 saturated carbocycles. The van der Waals surface area contributed by atoms with E-state index < -0.39 is 0 Å². The monoisotopic (exact) mass is 267 g/mol. The zero-order valence-corrected chi connectivity index (χ0v) is 12.1. The lowest BCUT2D eigenvalue weighted by atomic mass is 9.98. The Morgan fingerprint density at radius 3 is 2.55 bits per heavy atom. The fourth-order valence-corrected chi connectivity index (χ4v) is 2.88. The van der Waals surface area contributed by atoms with Gasteiger partial charge in [-0.25, -0.2) is 0 Å². The van der Waals surface area contributed by atoms with Crippen molar-refractivity contribution in [3.05, 3.63) is 53.6 Å². The summed E-state index contributed by atoms with van der Waals surface area (Å²) in [5.74, 6) is 1.05. The molecule has 3 rings (SSSR count). The van der Waals surface area contributed by atoms with Gasteiger partial charge < -0.3 is 10.1 Å². The first-order valence-corrected chi connectivity index (χ1v) is 7.35. The first-order chi connectivity index (χ1) is 9.81. The molecule has 0 saturated heterocycles. The highest BCUT2D eigenvalue weighted by Crippen LogP contribution is 2.31. The molecule has 0 radical (unpaired) electrons. The minimum atomic E-state index is 0.442. The summed E-state index contributed by atoms with van der Waals surface area (Å²) in [5.41, 5.74) is 5.23. The van der Waals surface area contributed by atoms with Gasteiger partial charge in [0.05, 0.1) is 6.61 Å². The van der Waals surface area contributed by atoms with Crippen LogP contribution in [0.15, 0.2) is 42.5 Å². The molecule has 0 amide bonds. The van der Waals surface area contributed by atoms with Crippen molar-refractivity contribution in [3.8, 4) is 16.9 Å². The highest BCUT2D eigenvalue weighted by Gasteiger charge is 2.13. The number of rotatable bonds is 4. The average Bonchev–Trinajstić information content (AvgIpc) is 2.96. The van der Waals surface area contributed by atoms with E-state index in [4.69, 9.17) is 4.74 Å². The Hall–Kier alpha value is -1.80. The van der Waals surface area contributed by atoms with Crippen LogP contribution in [0.25, 0.3) is 11.1 Å². The van der Waals surface area contributed by atoms with Gasteiger partial charge in [0.2, 0.25) is 0 Å². The Morgan fingerprint density at radius 1 is 1.10 bits per heavy atom. The highest BCUT2D eigenvalue weighted by atomic mass is 16.5.